The molecule has 3 aromatic carbocycles. The van der Waals surface area contributed by atoms with E-state index in [1.807, 2.05) is 19.9 Å². The number of ether oxygens (including phenoxy) is 2. The average molecular weight is 614 g/mol. The summed E-state index contributed by atoms with van der Waals surface area (Å²) in [5.74, 6) is -0.994. The minimum absolute atomic E-state index is 0.127. The number of anilines is 1. The summed E-state index contributed by atoms with van der Waals surface area (Å²) < 4.78 is 25.9. The molecule has 0 aliphatic carbocycles. The van der Waals surface area contributed by atoms with Gasteiger partial charge in [-0.1, -0.05) is 29.8 Å². The SMILES string of the molecule is CCOc1cc(/C=C2\C(=O)NC(=O)N(c3ccc(C)cc3C)C2=O)cc(I)c1OCc1cccc(F)c1. The largest absolute Gasteiger partial charge is 0.490 e. The van der Waals surface area contributed by atoms with Crippen molar-refractivity contribution in [1.82, 2.24) is 5.32 Å². The number of barbiturate groups is 1. The first-order valence-corrected chi connectivity index (χ1v) is 12.6. The lowest BCUT2D eigenvalue weighted by Gasteiger charge is -2.27. The molecule has 37 heavy (non-hydrogen) atoms. The van der Waals surface area contributed by atoms with Crippen LogP contribution in [-0.2, 0) is 16.2 Å². The van der Waals surface area contributed by atoms with Gasteiger partial charge in [-0.2, -0.15) is 0 Å². The molecule has 190 valence electrons. The predicted molar refractivity (Wildman–Crippen MR) is 146 cm³/mol. The van der Waals surface area contributed by atoms with Gasteiger partial charge in [0, 0.05) is 0 Å². The third-order valence-electron chi connectivity index (χ3n) is 5.61. The zero-order valence-electron chi connectivity index (χ0n) is 20.4. The third kappa shape index (κ3) is 5.82. The molecule has 0 saturated carbocycles. The van der Waals surface area contributed by atoms with Gasteiger partial charge in [0.2, 0.25) is 0 Å². The predicted octanol–water partition coefficient (Wildman–Crippen LogP) is 5.69. The van der Waals surface area contributed by atoms with Crippen LogP contribution in [0, 0.1) is 23.2 Å². The summed E-state index contributed by atoms with van der Waals surface area (Å²) in [7, 11) is 0. The molecule has 9 heteroatoms. The summed E-state index contributed by atoms with van der Waals surface area (Å²) in [4.78, 5) is 39.5. The van der Waals surface area contributed by atoms with Crippen molar-refractivity contribution in [3.8, 4) is 11.5 Å². The maximum atomic E-state index is 13.5. The number of urea groups is 1. The summed E-state index contributed by atoms with van der Waals surface area (Å²) in [5, 5.41) is 2.25. The van der Waals surface area contributed by atoms with E-state index in [2.05, 4.69) is 27.9 Å². The van der Waals surface area contributed by atoms with E-state index in [0.717, 1.165) is 16.0 Å². The van der Waals surface area contributed by atoms with Crippen molar-refractivity contribution in [2.75, 3.05) is 11.5 Å². The smallest absolute Gasteiger partial charge is 0.335 e. The molecule has 1 fully saturated rings. The van der Waals surface area contributed by atoms with E-state index in [9.17, 15) is 18.8 Å². The Morgan fingerprint density at radius 2 is 1.81 bits per heavy atom. The van der Waals surface area contributed by atoms with E-state index in [1.165, 1.54) is 18.2 Å². The van der Waals surface area contributed by atoms with Crippen LogP contribution in [0.2, 0.25) is 0 Å². The Bertz CT molecular complexity index is 1440. The van der Waals surface area contributed by atoms with Crippen LogP contribution in [0.3, 0.4) is 0 Å². The van der Waals surface area contributed by atoms with E-state index in [1.54, 1.807) is 43.3 Å². The van der Waals surface area contributed by atoms with Crippen molar-refractivity contribution in [2.45, 2.75) is 27.4 Å². The van der Waals surface area contributed by atoms with Crippen molar-refractivity contribution < 1.29 is 28.2 Å². The number of imide groups is 2. The highest BCUT2D eigenvalue weighted by atomic mass is 127. The van der Waals surface area contributed by atoms with Gasteiger partial charge < -0.3 is 9.47 Å². The van der Waals surface area contributed by atoms with Crippen LogP contribution < -0.4 is 19.7 Å². The summed E-state index contributed by atoms with van der Waals surface area (Å²) >= 11 is 2.07. The van der Waals surface area contributed by atoms with Gasteiger partial charge in [-0.3, -0.25) is 14.9 Å². The number of rotatable bonds is 7. The van der Waals surface area contributed by atoms with Gasteiger partial charge in [-0.15, -0.1) is 0 Å². The third-order valence-corrected chi connectivity index (χ3v) is 6.41. The minimum atomic E-state index is -0.801. The first kappa shape index (κ1) is 26.3. The summed E-state index contributed by atoms with van der Waals surface area (Å²) in [6.45, 7) is 6.00. The quantitative estimate of drug-likeness (QED) is 0.210. The van der Waals surface area contributed by atoms with Crippen LogP contribution in [0.4, 0.5) is 14.9 Å². The lowest BCUT2D eigenvalue weighted by molar-refractivity contribution is -0.122. The topological polar surface area (TPSA) is 84.9 Å². The number of amides is 4. The second kappa shape index (κ2) is 11.1. The molecule has 4 amide bonds. The number of carbonyl (C=O) groups excluding carboxylic acids is 3. The highest BCUT2D eigenvalue weighted by Gasteiger charge is 2.37. The van der Waals surface area contributed by atoms with Crippen molar-refractivity contribution in [1.29, 1.82) is 0 Å². The molecule has 1 heterocycles. The first-order valence-electron chi connectivity index (χ1n) is 11.5. The Morgan fingerprint density at radius 3 is 2.51 bits per heavy atom. The number of hydrogen-bond acceptors (Lipinski definition) is 5. The lowest BCUT2D eigenvalue weighted by atomic mass is 10.0. The normalized spacial score (nSPS) is 14.7. The molecular formula is C28H24FIN2O5. The van der Waals surface area contributed by atoms with Gasteiger partial charge in [0.25, 0.3) is 11.8 Å². The molecule has 3 aromatic rings. The van der Waals surface area contributed by atoms with Crippen LogP contribution >= 0.6 is 22.6 Å². The number of hydrogen-bond donors (Lipinski definition) is 1. The van der Waals surface area contributed by atoms with E-state index in [0.29, 0.717) is 38.5 Å². The van der Waals surface area contributed by atoms with Gasteiger partial charge in [0.05, 0.1) is 15.9 Å². The molecule has 1 saturated heterocycles. The van der Waals surface area contributed by atoms with E-state index in [-0.39, 0.29) is 18.0 Å². The molecule has 1 aliphatic heterocycles. The summed E-state index contributed by atoms with van der Waals surface area (Å²) in [6, 6.07) is 14.0. The fourth-order valence-electron chi connectivity index (χ4n) is 3.96. The Hall–Kier alpha value is -3.73. The molecule has 0 unspecified atom stereocenters. The zero-order chi connectivity index (χ0) is 26.7. The number of carbonyl (C=O) groups is 3. The van der Waals surface area contributed by atoms with Gasteiger partial charge in [0.1, 0.15) is 18.0 Å². The lowest BCUT2D eigenvalue weighted by Crippen LogP contribution is -2.54. The maximum absolute atomic E-state index is 13.5. The standard InChI is InChI=1S/C28H24FIN2O5/c1-4-36-24-14-19(13-22(30)25(24)37-15-18-6-5-7-20(29)11-18)12-21-26(33)31-28(35)32(27(21)34)23-9-8-16(2)10-17(23)3/h5-14H,4,15H2,1-3H3,(H,31,33,35)/b21-12+. The van der Waals surface area contributed by atoms with Gasteiger partial charge in [-0.05, 0) is 96.5 Å². The number of nitrogens with one attached hydrogen (secondary N) is 1. The Balaban J connectivity index is 1.67. The number of nitrogens with zero attached hydrogens (tertiary/aromatic N) is 1. The Labute approximate surface area is 227 Å². The molecule has 0 radical (unpaired) electrons. The second-order valence-electron chi connectivity index (χ2n) is 8.43. The van der Waals surface area contributed by atoms with Gasteiger partial charge >= 0.3 is 6.03 Å². The molecular weight excluding hydrogens is 590 g/mol. The highest BCUT2D eigenvalue weighted by Crippen LogP contribution is 2.36. The van der Waals surface area contributed by atoms with Crippen molar-refractivity contribution in [3.05, 3.63) is 91.8 Å². The zero-order valence-corrected chi connectivity index (χ0v) is 22.6. The van der Waals surface area contributed by atoms with Crippen LogP contribution in [0.1, 0.15) is 29.2 Å². The molecule has 7 nitrogen and oxygen atoms in total. The van der Waals surface area contributed by atoms with Crippen LogP contribution in [0.15, 0.2) is 60.2 Å². The molecule has 0 aromatic heterocycles. The molecule has 0 bridgehead atoms. The Kier molecular flexibility index (Phi) is 7.91. The summed E-state index contributed by atoms with van der Waals surface area (Å²) in [6.07, 6.45) is 1.42. The maximum Gasteiger partial charge on any atom is 0.335 e. The molecule has 1 N–H and O–H groups in total. The van der Waals surface area contributed by atoms with Crippen LogP contribution in [-0.4, -0.2) is 24.5 Å². The molecule has 4 rings (SSSR count). The molecule has 1 aliphatic rings. The first-order chi connectivity index (χ1) is 17.7. The number of halogens is 2. The van der Waals surface area contributed by atoms with E-state index >= 15 is 0 Å². The summed E-state index contributed by atoms with van der Waals surface area (Å²) in [5.41, 5.74) is 3.09. The fraction of sp³-hybridized carbons (Fsp3) is 0.179. The molecule has 0 atom stereocenters. The van der Waals surface area contributed by atoms with Crippen molar-refractivity contribution >= 4 is 52.2 Å². The number of aryl methyl sites for hydroxylation is 2. The van der Waals surface area contributed by atoms with Crippen LogP contribution in [0.5, 0.6) is 11.5 Å². The van der Waals surface area contributed by atoms with Crippen molar-refractivity contribution in [2.24, 2.45) is 0 Å². The van der Waals surface area contributed by atoms with E-state index in [4.69, 9.17) is 9.47 Å². The average Bonchev–Trinajstić information content (AvgIpc) is 2.83. The van der Waals surface area contributed by atoms with Crippen LogP contribution in [0.25, 0.3) is 6.08 Å². The second-order valence-corrected chi connectivity index (χ2v) is 9.59. The minimum Gasteiger partial charge on any atom is -0.490 e. The van der Waals surface area contributed by atoms with E-state index < -0.39 is 17.8 Å². The number of benzene rings is 3. The monoisotopic (exact) mass is 614 g/mol. The Morgan fingerprint density at radius 1 is 1.03 bits per heavy atom. The molecule has 0 spiro atoms. The van der Waals surface area contributed by atoms with Gasteiger partial charge in [-0.25, -0.2) is 14.1 Å². The van der Waals surface area contributed by atoms with Gasteiger partial charge in [0.15, 0.2) is 11.5 Å². The fourth-order valence-corrected chi connectivity index (χ4v) is 4.74. The van der Waals surface area contributed by atoms with Crippen molar-refractivity contribution in [3.63, 3.8) is 0 Å². The highest BCUT2D eigenvalue weighted by molar-refractivity contribution is 14.1.